The smallest absolute Gasteiger partial charge is 0.410 e. The van der Waals surface area contributed by atoms with Gasteiger partial charge in [-0.15, -0.1) is 0 Å². The van der Waals surface area contributed by atoms with Gasteiger partial charge >= 0.3 is 6.09 Å². The first-order chi connectivity index (χ1) is 11.7. The van der Waals surface area contributed by atoms with Crippen LogP contribution in [0.5, 0.6) is 0 Å². The number of Topliss-reactive ketones (excluding diaryl/α,β-unsaturated/α-hetero) is 1. The number of hydrogen-bond acceptors (Lipinski definition) is 3. The number of ether oxygens (including phenoxy) is 1. The van der Waals surface area contributed by atoms with E-state index in [1.165, 1.54) is 6.07 Å². The lowest BCUT2D eigenvalue weighted by atomic mass is 9.84. The molecule has 2 saturated heterocycles. The molecule has 2 unspecified atom stereocenters. The van der Waals surface area contributed by atoms with E-state index in [2.05, 4.69) is 0 Å². The van der Waals surface area contributed by atoms with Gasteiger partial charge in [0.15, 0.2) is 5.78 Å². The topological polar surface area (TPSA) is 46.6 Å². The van der Waals surface area contributed by atoms with Crippen LogP contribution in [0.4, 0.5) is 9.18 Å². The number of amides is 1. The van der Waals surface area contributed by atoms with Crippen molar-refractivity contribution in [3.63, 3.8) is 0 Å². The molecule has 0 radical (unpaired) electrons. The first kappa shape index (κ1) is 17.9. The number of carbonyl (C=O) groups excluding carboxylic acids is 2. The predicted molar refractivity (Wildman–Crippen MR) is 93.1 cm³/mol. The maximum Gasteiger partial charge on any atom is 0.410 e. The molecule has 136 valence electrons. The fourth-order valence-electron chi connectivity index (χ4n) is 4.04. The summed E-state index contributed by atoms with van der Waals surface area (Å²) in [7, 11) is 0. The van der Waals surface area contributed by atoms with E-state index in [0.717, 1.165) is 12.8 Å². The van der Waals surface area contributed by atoms with Crippen molar-refractivity contribution in [1.82, 2.24) is 4.90 Å². The van der Waals surface area contributed by atoms with Crippen LogP contribution in [-0.2, 0) is 4.74 Å². The van der Waals surface area contributed by atoms with Gasteiger partial charge in [0, 0.05) is 23.6 Å². The zero-order chi connectivity index (χ0) is 18.4. The molecule has 0 spiro atoms. The largest absolute Gasteiger partial charge is 0.444 e. The molecule has 2 atom stereocenters. The Balaban J connectivity index is 1.72. The summed E-state index contributed by atoms with van der Waals surface area (Å²) in [6.45, 7) is 7.25. The van der Waals surface area contributed by atoms with Crippen molar-refractivity contribution in [1.29, 1.82) is 0 Å². The molecular formula is C20H26FNO3. The molecule has 0 N–H and O–H groups in total. The van der Waals surface area contributed by atoms with Crippen LogP contribution in [0.25, 0.3) is 0 Å². The van der Waals surface area contributed by atoms with E-state index >= 15 is 0 Å². The van der Waals surface area contributed by atoms with Crippen molar-refractivity contribution < 1.29 is 18.7 Å². The molecule has 4 nitrogen and oxygen atoms in total. The van der Waals surface area contributed by atoms with Crippen LogP contribution in [0.15, 0.2) is 18.2 Å². The standard InChI is InChI=1S/C20H26FNO3/c1-12-9-13(5-8-17(12)21)18(23)14-10-15-6-7-16(11-14)22(15)19(24)25-20(2,3)4/h5,8-9,14-16H,6-7,10-11H2,1-4H3. The summed E-state index contributed by atoms with van der Waals surface area (Å²) in [5, 5.41) is 0. The summed E-state index contributed by atoms with van der Waals surface area (Å²) in [5.74, 6) is -0.346. The highest BCUT2D eigenvalue weighted by molar-refractivity contribution is 5.98. The average molecular weight is 347 g/mol. The zero-order valence-electron chi connectivity index (χ0n) is 15.3. The van der Waals surface area contributed by atoms with Crippen LogP contribution in [0.2, 0.25) is 0 Å². The minimum atomic E-state index is -0.519. The highest BCUT2D eigenvalue weighted by atomic mass is 19.1. The molecule has 2 heterocycles. The lowest BCUT2D eigenvalue weighted by Crippen LogP contribution is -2.49. The predicted octanol–water partition coefficient (Wildman–Crippen LogP) is 4.49. The molecule has 0 aliphatic carbocycles. The highest BCUT2D eigenvalue weighted by Gasteiger charge is 2.46. The lowest BCUT2D eigenvalue weighted by Gasteiger charge is -2.39. The van der Waals surface area contributed by atoms with Crippen molar-refractivity contribution in [2.45, 2.75) is 71.1 Å². The van der Waals surface area contributed by atoms with Crippen molar-refractivity contribution >= 4 is 11.9 Å². The number of fused-ring (bicyclic) bond motifs is 2. The van der Waals surface area contributed by atoms with Gasteiger partial charge in [-0.25, -0.2) is 9.18 Å². The number of piperidine rings is 1. The summed E-state index contributed by atoms with van der Waals surface area (Å²) < 4.78 is 19.0. The summed E-state index contributed by atoms with van der Waals surface area (Å²) >= 11 is 0. The van der Waals surface area contributed by atoms with E-state index in [9.17, 15) is 14.0 Å². The number of hydrogen-bond donors (Lipinski definition) is 0. The number of ketones is 1. The third-order valence-corrected chi connectivity index (χ3v) is 5.15. The summed E-state index contributed by atoms with van der Waals surface area (Å²) in [4.78, 5) is 27.1. The van der Waals surface area contributed by atoms with Gasteiger partial charge in [-0.05, 0) is 77.1 Å². The first-order valence-electron chi connectivity index (χ1n) is 8.97. The molecule has 1 aromatic rings. The Bertz CT molecular complexity index is 681. The molecule has 25 heavy (non-hydrogen) atoms. The van der Waals surface area contributed by atoms with Crippen LogP contribution < -0.4 is 0 Å². The van der Waals surface area contributed by atoms with Crippen LogP contribution in [0, 0.1) is 18.7 Å². The molecule has 0 aromatic heterocycles. The Morgan fingerprint density at radius 3 is 2.28 bits per heavy atom. The van der Waals surface area contributed by atoms with Gasteiger partial charge < -0.3 is 9.64 Å². The van der Waals surface area contributed by atoms with Gasteiger partial charge in [-0.1, -0.05) is 0 Å². The second kappa shape index (κ2) is 6.43. The minimum Gasteiger partial charge on any atom is -0.444 e. The molecule has 1 amide bonds. The molecule has 2 aliphatic heterocycles. The number of benzene rings is 1. The second-order valence-electron chi connectivity index (χ2n) is 8.27. The van der Waals surface area contributed by atoms with Gasteiger partial charge in [0.1, 0.15) is 11.4 Å². The van der Waals surface area contributed by atoms with E-state index in [1.54, 1.807) is 19.1 Å². The fourth-order valence-corrected chi connectivity index (χ4v) is 4.04. The summed E-state index contributed by atoms with van der Waals surface area (Å²) in [6.07, 6.45) is 2.87. The minimum absolute atomic E-state index is 0.0591. The normalized spacial score (nSPS) is 25.8. The van der Waals surface area contributed by atoms with Crippen LogP contribution >= 0.6 is 0 Å². The number of halogens is 1. The fraction of sp³-hybridized carbons (Fsp3) is 0.600. The SMILES string of the molecule is Cc1cc(C(=O)C2CC3CCC(C2)N3C(=O)OC(C)(C)C)ccc1F. The van der Waals surface area contributed by atoms with Crippen molar-refractivity contribution in [3.05, 3.63) is 35.1 Å². The number of carbonyl (C=O) groups is 2. The molecule has 2 fully saturated rings. The lowest BCUT2D eigenvalue weighted by molar-refractivity contribution is 0.00254. The first-order valence-corrected chi connectivity index (χ1v) is 8.97. The zero-order valence-corrected chi connectivity index (χ0v) is 15.3. The van der Waals surface area contributed by atoms with Crippen LogP contribution in [-0.4, -0.2) is 34.5 Å². The molecule has 5 heteroatoms. The summed E-state index contributed by atoms with van der Waals surface area (Å²) in [5.41, 5.74) is 0.531. The van der Waals surface area contributed by atoms with E-state index in [1.807, 2.05) is 25.7 Å². The Labute approximate surface area is 148 Å². The maximum absolute atomic E-state index is 13.4. The van der Waals surface area contributed by atoms with Crippen LogP contribution in [0.1, 0.15) is 62.4 Å². The molecule has 2 aliphatic rings. The second-order valence-corrected chi connectivity index (χ2v) is 8.27. The molecule has 0 saturated carbocycles. The average Bonchev–Trinajstić information content (AvgIpc) is 2.78. The molecule has 2 bridgehead atoms. The molecule has 1 aromatic carbocycles. The number of nitrogens with zero attached hydrogens (tertiary/aromatic N) is 1. The number of aryl methyl sites for hydroxylation is 1. The molecular weight excluding hydrogens is 321 g/mol. The number of rotatable bonds is 2. The highest BCUT2D eigenvalue weighted by Crippen LogP contribution is 2.40. The van der Waals surface area contributed by atoms with Crippen LogP contribution in [0.3, 0.4) is 0 Å². The molecule has 3 rings (SSSR count). The van der Waals surface area contributed by atoms with E-state index in [4.69, 9.17) is 4.74 Å². The quantitative estimate of drug-likeness (QED) is 0.740. The van der Waals surface area contributed by atoms with Gasteiger partial charge in [0.2, 0.25) is 0 Å². The Morgan fingerprint density at radius 1 is 1.16 bits per heavy atom. The van der Waals surface area contributed by atoms with Crippen molar-refractivity contribution in [2.24, 2.45) is 5.92 Å². The van der Waals surface area contributed by atoms with Gasteiger partial charge in [0.25, 0.3) is 0 Å². The monoisotopic (exact) mass is 347 g/mol. The van der Waals surface area contributed by atoms with E-state index in [-0.39, 0.29) is 35.7 Å². The Morgan fingerprint density at radius 2 is 1.76 bits per heavy atom. The van der Waals surface area contributed by atoms with Gasteiger partial charge in [-0.2, -0.15) is 0 Å². The van der Waals surface area contributed by atoms with Crippen molar-refractivity contribution in [3.8, 4) is 0 Å². The Kier molecular flexibility index (Phi) is 4.60. The van der Waals surface area contributed by atoms with Gasteiger partial charge in [-0.3, -0.25) is 4.79 Å². The third-order valence-electron chi connectivity index (χ3n) is 5.15. The summed E-state index contributed by atoms with van der Waals surface area (Å²) in [6, 6.07) is 4.66. The maximum atomic E-state index is 13.4. The van der Waals surface area contributed by atoms with Gasteiger partial charge in [0.05, 0.1) is 0 Å². The van der Waals surface area contributed by atoms with E-state index < -0.39 is 5.60 Å². The Hall–Kier alpha value is -1.91. The third kappa shape index (κ3) is 3.70. The van der Waals surface area contributed by atoms with Crippen molar-refractivity contribution in [2.75, 3.05) is 0 Å². The van der Waals surface area contributed by atoms with E-state index in [0.29, 0.717) is 24.0 Å².